The van der Waals surface area contributed by atoms with Crippen molar-refractivity contribution in [1.82, 2.24) is 0 Å². The van der Waals surface area contributed by atoms with Crippen LogP contribution >= 0.6 is 39.1 Å². The zero-order valence-electron chi connectivity index (χ0n) is 8.40. The topological polar surface area (TPSA) is 9.23 Å². The highest BCUT2D eigenvalue weighted by Crippen LogP contribution is 2.30. The van der Waals surface area contributed by atoms with Crippen molar-refractivity contribution >= 4 is 39.1 Å². The second kappa shape index (κ2) is 6.27. The van der Waals surface area contributed by atoms with Crippen LogP contribution in [-0.2, 0) is 4.74 Å². The summed E-state index contributed by atoms with van der Waals surface area (Å²) < 4.78 is 40.1. The standard InChI is InChI=1S/C10H8BrCl2F3O/c11-7(4-17-5-10(14,15)16)6-1-2-8(12)9(13)3-6/h1-3,7H,4-5H2. The van der Waals surface area contributed by atoms with Gasteiger partial charge in [-0.15, -0.1) is 0 Å². The van der Waals surface area contributed by atoms with E-state index in [1.165, 1.54) is 0 Å². The van der Waals surface area contributed by atoms with E-state index in [9.17, 15) is 13.2 Å². The van der Waals surface area contributed by atoms with Gasteiger partial charge in [-0.05, 0) is 17.7 Å². The summed E-state index contributed by atoms with van der Waals surface area (Å²) >= 11 is 14.7. The molecule has 96 valence electrons. The highest BCUT2D eigenvalue weighted by Gasteiger charge is 2.27. The van der Waals surface area contributed by atoms with Crippen LogP contribution in [0.5, 0.6) is 0 Å². The van der Waals surface area contributed by atoms with Gasteiger partial charge in [-0.3, -0.25) is 0 Å². The molecule has 1 nitrogen and oxygen atoms in total. The second-order valence-electron chi connectivity index (χ2n) is 3.27. The summed E-state index contributed by atoms with van der Waals surface area (Å²) in [6, 6.07) is 4.84. The van der Waals surface area contributed by atoms with Crippen LogP contribution in [0, 0.1) is 0 Å². The van der Waals surface area contributed by atoms with Crippen molar-refractivity contribution in [1.29, 1.82) is 0 Å². The lowest BCUT2D eigenvalue weighted by atomic mass is 10.2. The summed E-state index contributed by atoms with van der Waals surface area (Å²) in [5.41, 5.74) is 0.710. The molecule has 1 aromatic rings. The normalized spacial score (nSPS) is 13.8. The molecule has 1 atom stereocenters. The third-order valence-corrected chi connectivity index (χ3v) is 3.37. The summed E-state index contributed by atoms with van der Waals surface area (Å²) in [4.78, 5) is -0.361. The fourth-order valence-corrected chi connectivity index (χ4v) is 1.86. The van der Waals surface area contributed by atoms with Crippen molar-refractivity contribution in [2.45, 2.75) is 11.0 Å². The summed E-state index contributed by atoms with van der Waals surface area (Å²) in [6.07, 6.45) is -4.32. The predicted molar refractivity (Wildman–Crippen MR) is 65.0 cm³/mol. The van der Waals surface area contributed by atoms with E-state index in [0.29, 0.717) is 15.6 Å². The van der Waals surface area contributed by atoms with Gasteiger partial charge >= 0.3 is 6.18 Å². The second-order valence-corrected chi connectivity index (χ2v) is 5.19. The Balaban J connectivity index is 2.52. The third kappa shape index (κ3) is 5.46. The van der Waals surface area contributed by atoms with Crippen LogP contribution in [0.4, 0.5) is 13.2 Å². The lowest BCUT2D eigenvalue weighted by Crippen LogP contribution is -2.18. The van der Waals surface area contributed by atoms with E-state index in [-0.39, 0.29) is 11.4 Å². The highest BCUT2D eigenvalue weighted by molar-refractivity contribution is 9.09. The monoisotopic (exact) mass is 350 g/mol. The molecule has 0 bridgehead atoms. The third-order valence-electron chi connectivity index (χ3n) is 1.84. The van der Waals surface area contributed by atoms with Crippen LogP contribution in [0.2, 0.25) is 10.0 Å². The van der Waals surface area contributed by atoms with Gasteiger partial charge in [-0.1, -0.05) is 45.2 Å². The molecular weight excluding hydrogens is 344 g/mol. The van der Waals surface area contributed by atoms with Crippen LogP contribution in [0.25, 0.3) is 0 Å². The summed E-state index contributed by atoms with van der Waals surface area (Å²) in [7, 11) is 0. The van der Waals surface area contributed by atoms with Gasteiger partial charge in [0.2, 0.25) is 0 Å². The first kappa shape index (κ1) is 15.1. The molecule has 0 aromatic heterocycles. The fourth-order valence-electron chi connectivity index (χ4n) is 1.08. The number of hydrogen-bond donors (Lipinski definition) is 0. The fraction of sp³-hybridized carbons (Fsp3) is 0.400. The zero-order valence-corrected chi connectivity index (χ0v) is 11.5. The zero-order chi connectivity index (χ0) is 13.1. The minimum atomic E-state index is -4.32. The largest absolute Gasteiger partial charge is 0.411 e. The Kier molecular flexibility index (Phi) is 5.57. The maximum Gasteiger partial charge on any atom is 0.411 e. The summed E-state index contributed by atoms with van der Waals surface area (Å²) in [5, 5.41) is 0.746. The van der Waals surface area contributed by atoms with Crippen molar-refractivity contribution in [2.75, 3.05) is 13.2 Å². The van der Waals surface area contributed by atoms with Crippen molar-refractivity contribution in [2.24, 2.45) is 0 Å². The quantitative estimate of drug-likeness (QED) is 0.693. The Labute approximate surface area is 115 Å². The van der Waals surface area contributed by atoms with E-state index in [0.717, 1.165) is 0 Å². The molecule has 0 fully saturated rings. The minimum Gasteiger partial charge on any atom is -0.371 e. The summed E-state index contributed by atoms with van der Waals surface area (Å²) in [5.74, 6) is 0. The van der Waals surface area contributed by atoms with E-state index in [4.69, 9.17) is 23.2 Å². The molecule has 0 aliphatic rings. The first-order valence-corrected chi connectivity index (χ1v) is 6.20. The lowest BCUT2D eigenvalue weighted by Gasteiger charge is -2.13. The smallest absolute Gasteiger partial charge is 0.371 e. The molecule has 0 spiro atoms. The number of halogens is 6. The number of hydrogen-bond acceptors (Lipinski definition) is 1. The molecule has 1 unspecified atom stereocenters. The number of ether oxygens (including phenoxy) is 1. The van der Waals surface area contributed by atoms with Gasteiger partial charge in [0.05, 0.1) is 21.5 Å². The first-order chi connectivity index (χ1) is 7.79. The average molecular weight is 352 g/mol. The Morgan fingerprint density at radius 1 is 1.24 bits per heavy atom. The molecular formula is C10H8BrCl2F3O. The van der Waals surface area contributed by atoms with Crippen molar-refractivity contribution in [3.8, 4) is 0 Å². The molecule has 0 amide bonds. The van der Waals surface area contributed by atoms with E-state index in [1.807, 2.05) is 0 Å². The Morgan fingerprint density at radius 2 is 1.88 bits per heavy atom. The van der Waals surface area contributed by atoms with Gasteiger partial charge in [-0.2, -0.15) is 13.2 Å². The van der Waals surface area contributed by atoms with Crippen molar-refractivity contribution in [3.63, 3.8) is 0 Å². The van der Waals surface area contributed by atoms with E-state index in [2.05, 4.69) is 20.7 Å². The molecule has 7 heteroatoms. The molecule has 0 saturated carbocycles. The maximum absolute atomic E-state index is 11.8. The molecule has 0 radical (unpaired) electrons. The molecule has 1 aromatic carbocycles. The molecule has 0 saturated heterocycles. The number of benzene rings is 1. The van der Waals surface area contributed by atoms with Gasteiger partial charge in [0.15, 0.2) is 0 Å². The Hall–Kier alpha value is 0.0300. The van der Waals surface area contributed by atoms with Crippen LogP contribution in [0.1, 0.15) is 10.4 Å². The Bertz CT molecular complexity index is 384. The predicted octanol–water partition coefficient (Wildman–Crippen LogP) is 5.01. The molecule has 17 heavy (non-hydrogen) atoms. The van der Waals surface area contributed by atoms with Crippen molar-refractivity contribution in [3.05, 3.63) is 33.8 Å². The van der Waals surface area contributed by atoms with Gasteiger partial charge in [-0.25, -0.2) is 0 Å². The van der Waals surface area contributed by atoms with Crippen LogP contribution in [0.15, 0.2) is 18.2 Å². The molecule has 0 N–H and O–H groups in total. The maximum atomic E-state index is 11.8. The average Bonchev–Trinajstić information content (AvgIpc) is 2.20. The molecule has 0 heterocycles. The Morgan fingerprint density at radius 3 is 2.41 bits per heavy atom. The van der Waals surface area contributed by atoms with Crippen LogP contribution < -0.4 is 0 Å². The van der Waals surface area contributed by atoms with Gasteiger partial charge < -0.3 is 4.74 Å². The highest BCUT2D eigenvalue weighted by atomic mass is 79.9. The van der Waals surface area contributed by atoms with Gasteiger partial charge in [0.25, 0.3) is 0 Å². The van der Waals surface area contributed by atoms with Gasteiger partial charge in [0.1, 0.15) is 6.61 Å². The number of alkyl halides is 4. The lowest BCUT2D eigenvalue weighted by molar-refractivity contribution is -0.173. The first-order valence-electron chi connectivity index (χ1n) is 4.53. The number of rotatable bonds is 4. The SMILES string of the molecule is FC(F)(F)COCC(Br)c1ccc(Cl)c(Cl)c1. The van der Waals surface area contributed by atoms with Crippen LogP contribution in [0.3, 0.4) is 0 Å². The van der Waals surface area contributed by atoms with Crippen molar-refractivity contribution < 1.29 is 17.9 Å². The minimum absolute atomic E-state index is 0.0997. The molecule has 1 rings (SSSR count). The van der Waals surface area contributed by atoms with E-state index in [1.54, 1.807) is 18.2 Å². The van der Waals surface area contributed by atoms with E-state index < -0.39 is 12.8 Å². The van der Waals surface area contributed by atoms with E-state index >= 15 is 0 Å². The molecule has 0 aliphatic heterocycles. The van der Waals surface area contributed by atoms with Gasteiger partial charge in [0, 0.05) is 0 Å². The molecule has 0 aliphatic carbocycles. The van der Waals surface area contributed by atoms with Crippen LogP contribution in [-0.4, -0.2) is 19.4 Å². The summed E-state index contributed by atoms with van der Waals surface area (Å²) in [6.45, 7) is -1.37.